The van der Waals surface area contributed by atoms with Crippen molar-refractivity contribution in [1.82, 2.24) is 9.97 Å². The molecule has 1 aromatic rings. The average molecular weight is 185 g/mol. The van der Waals surface area contributed by atoms with Crippen LogP contribution in [0.25, 0.3) is 0 Å². The van der Waals surface area contributed by atoms with Gasteiger partial charge >= 0.3 is 11.7 Å². The molecule has 0 spiro atoms. The first-order valence-electron chi connectivity index (χ1n) is 2.99. The largest absolute Gasteiger partial charge is 0.477 e. The van der Waals surface area contributed by atoms with Crippen molar-refractivity contribution in [3.8, 4) is 0 Å². The van der Waals surface area contributed by atoms with Crippen LogP contribution in [0.5, 0.6) is 0 Å². The number of carboxylic acids is 1. The van der Waals surface area contributed by atoms with Crippen molar-refractivity contribution in [3.63, 3.8) is 0 Å². The number of carbonyl (C=O) groups is 1. The van der Waals surface area contributed by atoms with Gasteiger partial charge in [0.2, 0.25) is 5.69 Å². The lowest BCUT2D eigenvalue weighted by atomic mass is 10.3. The third kappa shape index (κ3) is 1.50. The van der Waals surface area contributed by atoms with Gasteiger partial charge in [-0.05, 0) is 5.18 Å². The van der Waals surface area contributed by atoms with Crippen LogP contribution in [0.3, 0.4) is 0 Å². The first kappa shape index (κ1) is 8.84. The molecule has 0 unspecified atom stereocenters. The first-order valence-corrected chi connectivity index (χ1v) is 2.99. The number of hydrogen-bond donors (Lipinski definition) is 3. The molecule has 68 valence electrons. The van der Waals surface area contributed by atoms with E-state index in [0.717, 1.165) is 0 Å². The molecule has 0 aliphatic rings. The number of rotatable bonds is 2. The average Bonchev–Trinajstić information content (AvgIpc) is 2.02. The standard InChI is InChI=1S/C5H3N3O5/c9-3-1(8-13)2(4(10)11)6-5(12)7-3/h(H,10,11)(H2,6,7,9,12). The summed E-state index contributed by atoms with van der Waals surface area (Å²) in [4.78, 5) is 45.1. The number of aromatic amines is 2. The fraction of sp³-hybridized carbons (Fsp3) is 0. The first-order chi connectivity index (χ1) is 6.06. The maximum absolute atomic E-state index is 10.8. The summed E-state index contributed by atoms with van der Waals surface area (Å²) in [5, 5.41) is 10.6. The molecule has 0 atom stereocenters. The predicted octanol–water partition coefficient (Wildman–Crippen LogP) is -0.841. The molecule has 13 heavy (non-hydrogen) atoms. The van der Waals surface area contributed by atoms with Crippen LogP contribution in [0.4, 0.5) is 5.69 Å². The van der Waals surface area contributed by atoms with Gasteiger partial charge in [0.25, 0.3) is 5.56 Å². The van der Waals surface area contributed by atoms with E-state index in [-0.39, 0.29) is 0 Å². The molecule has 0 fully saturated rings. The molecule has 0 aliphatic heterocycles. The van der Waals surface area contributed by atoms with Crippen LogP contribution in [0.15, 0.2) is 14.8 Å². The van der Waals surface area contributed by atoms with Crippen molar-refractivity contribution in [2.75, 3.05) is 0 Å². The molecule has 1 rings (SSSR count). The summed E-state index contributed by atoms with van der Waals surface area (Å²) in [6.07, 6.45) is 0. The molecular formula is C5H3N3O5. The van der Waals surface area contributed by atoms with Crippen LogP contribution in [0.1, 0.15) is 10.5 Å². The van der Waals surface area contributed by atoms with Crippen LogP contribution in [0.2, 0.25) is 0 Å². The Morgan fingerprint density at radius 2 is 1.92 bits per heavy atom. The minimum absolute atomic E-state index is 0.816. The molecule has 0 aliphatic carbocycles. The Morgan fingerprint density at radius 1 is 1.31 bits per heavy atom. The Morgan fingerprint density at radius 3 is 2.38 bits per heavy atom. The van der Waals surface area contributed by atoms with E-state index in [9.17, 15) is 19.3 Å². The van der Waals surface area contributed by atoms with Crippen molar-refractivity contribution in [2.24, 2.45) is 5.18 Å². The van der Waals surface area contributed by atoms with Gasteiger partial charge in [-0.2, -0.15) is 0 Å². The SMILES string of the molecule is O=Nc1c(C(=O)O)[nH]c(=O)[nH]c1=O. The summed E-state index contributed by atoms with van der Waals surface area (Å²) < 4.78 is 0. The number of hydrogen-bond acceptors (Lipinski definition) is 5. The van der Waals surface area contributed by atoms with Crippen molar-refractivity contribution < 1.29 is 9.90 Å². The highest BCUT2D eigenvalue weighted by atomic mass is 16.4. The van der Waals surface area contributed by atoms with E-state index in [4.69, 9.17) is 5.11 Å². The Balaban J connectivity index is 3.66. The van der Waals surface area contributed by atoms with Crippen LogP contribution in [-0.2, 0) is 0 Å². The van der Waals surface area contributed by atoms with Gasteiger partial charge < -0.3 is 5.11 Å². The minimum atomic E-state index is -1.60. The second-order valence-electron chi connectivity index (χ2n) is 2.03. The normalized spacial score (nSPS) is 9.54. The molecule has 0 saturated carbocycles. The van der Waals surface area contributed by atoms with Gasteiger partial charge in [0, 0.05) is 0 Å². The quantitative estimate of drug-likeness (QED) is 0.516. The Labute approximate surface area is 69.2 Å². The van der Waals surface area contributed by atoms with Crippen molar-refractivity contribution in [3.05, 3.63) is 31.4 Å². The highest BCUT2D eigenvalue weighted by molar-refractivity contribution is 5.90. The number of carboxylic acid groups (broad SMARTS) is 1. The molecule has 0 amide bonds. The lowest BCUT2D eigenvalue weighted by Gasteiger charge is -1.94. The molecule has 0 radical (unpaired) electrons. The van der Waals surface area contributed by atoms with Crippen LogP contribution in [0, 0.1) is 4.91 Å². The van der Waals surface area contributed by atoms with Gasteiger partial charge in [0.1, 0.15) is 0 Å². The third-order valence-corrected chi connectivity index (χ3v) is 1.22. The molecular weight excluding hydrogens is 182 g/mol. The highest BCUT2D eigenvalue weighted by Gasteiger charge is 2.15. The number of aromatic carboxylic acids is 1. The summed E-state index contributed by atoms with van der Waals surface area (Å²) in [5.41, 5.74) is -3.80. The number of nitrogens with one attached hydrogen (secondary N) is 2. The summed E-state index contributed by atoms with van der Waals surface area (Å²) in [5.74, 6) is -1.60. The fourth-order valence-electron chi connectivity index (χ4n) is 0.722. The second kappa shape index (κ2) is 3.01. The molecule has 3 N–H and O–H groups in total. The van der Waals surface area contributed by atoms with Crippen LogP contribution in [-0.4, -0.2) is 21.0 Å². The van der Waals surface area contributed by atoms with E-state index >= 15 is 0 Å². The van der Waals surface area contributed by atoms with Crippen molar-refractivity contribution in [2.45, 2.75) is 0 Å². The monoisotopic (exact) mass is 185 g/mol. The summed E-state index contributed by atoms with van der Waals surface area (Å²) in [6, 6.07) is 0. The lowest BCUT2D eigenvalue weighted by Crippen LogP contribution is -2.25. The molecule has 0 aromatic carbocycles. The van der Waals surface area contributed by atoms with Crippen LogP contribution < -0.4 is 11.2 Å². The molecule has 1 heterocycles. The topological polar surface area (TPSA) is 132 Å². The summed E-state index contributed by atoms with van der Waals surface area (Å²) >= 11 is 0. The molecule has 1 aromatic heterocycles. The van der Waals surface area contributed by atoms with E-state index < -0.39 is 28.6 Å². The Bertz CT molecular complexity index is 470. The number of H-pyrrole nitrogens is 2. The van der Waals surface area contributed by atoms with E-state index in [1.807, 2.05) is 0 Å². The number of nitrogens with zero attached hydrogens (tertiary/aromatic N) is 1. The van der Waals surface area contributed by atoms with E-state index in [1.165, 1.54) is 0 Å². The van der Waals surface area contributed by atoms with Gasteiger partial charge in [0.05, 0.1) is 0 Å². The third-order valence-electron chi connectivity index (χ3n) is 1.22. The second-order valence-corrected chi connectivity index (χ2v) is 2.03. The van der Waals surface area contributed by atoms with E-state index in [0.29, 0.717) is 0 Å². The zero-order valence-corrected chi connectivity index (χ0v) is 6.03. The molecule has 8 nitrogen and oxygen atoms in total. The zero-order valence-electron chi connectivity index (χ0n) is 6.03. The zero-order chi connectivity index (χ0) is 10.0. The van der Waals surface area contributed by atoms with Crippen LogP contribution >= 0.6 is 0 Å². The maximum atomic E-state index is 10.8. The minimum Gasteiger partial charge on any atom is -0.477 e. The Hall–Kier alpha value is -2.25. The van der Waals surface area contributed by atoms with Crippen molar-refractivity contribution >= 4 is 11.7 Å². The van der Waals surface area contributed by atoms with Gasteiger partial charge in [-0.1, -0.05) is 0 Å². The molecule has 0 bridgehead atoms. The van der Waals surface area contributed by atoms with Crippen molar-refractivity contribution in [1.29, 1.82) is 0 Å². The van der Waals surface area contributed by atoms with E-state index in [1.54, 1.807) is 9.97 Å². The maximum Gasteiger partial charge on any atom is 0.355 e. The highest BCUT2D eigenvalue weighted by Crippen LogP contribution is 2.06. The number of aromatic nitrogens is 2. The lowest BCUT2D eigenvalue weighted by molar-refractivity contribution is 0.0690. The predicted molar refractivity (Wildman–Crippen MR) is 40.1 cm³/mol. The van der Waals surface area contributed by atoms with Gasteiger partial charge in [-0.25, -0.2) is 9.59 Å². The fourth-order valence-corrected chi connectivity index (χ4v) is 0.722. The smallest absolute Gasteiger partial charge is 0.355 e. The summed E-state index contributed by atoms with van der Waals surface area (Å²) in [6.45, 7) is 0. The Kier molecular flexibility index (Phi) is 2.05. The molecule has 0 saturated heterocycles. The van der Waals surface area contributed by atoms with E-state index in [2.05, 4.69) is 5.18 Å². The molecule has 8 heteroatoms. The van der Waals surface area contributed by atoms with Gasteiger partial charge in [-0.3, -0.25) is 14.8 Å². The van der Waals surface area contributed by atoms with Gasteiger partial charge in [-0.15, -0.1) is 4.91 Å². The van der Waals surface area contributed by atoms with Gasteiger partial charge in [0.15, 0.2) is 5.69 Å². The number of nitroso groups, excluding NO2 is 1. The summed E-state index contributed by atoms with van der Waals surface area (Å²) in [7, 11) is 0.